The number of nitrogens with zero attached hydrogens (tertiary/aromatic N) is 1. The fraction of sp³-hybridized carbons (Fsp3) is 0.111. The topological polar surface area (TPSA) is 30.9 Å². The highest BCUT2D eigenvalue weighted by atomic mass is 127. The molecule has 12 heavy (non-hydrogen) atoms. The summed E-state index contributed by atoms with van der Waals surface area (Å²) in [5, 5.41) is 1.20. The van der Waals surface area contributed by atoms with Crippen molar-refractivity contribution >= 4 is 40.7 Å². The quantitative estimate of drug-likeness (QED) is 0.735. The fourth-order valence-corrected chi connectivity index (χ4v) is 1.31. The van der Waals surface area contributed by atoms with Crippen LogP contribution < -0.4 is 5.73 Å². The number of para-hydroxylation sites is 1. The molecule has 0 saturated heterocycles. The Hall–Kier alpha value is -0.710. The highest BCUT2D eigenvalue weighted by Gasteiger charge is 1.99. The van der Waals surface area contributed by atoms with E-state index < -0.39 is 0 Å². The van der Waals surface area contributed by atoms with E-state index in [1.54, 1.807) is 0 Å². The molecule has 1 aromatic heterocycles. The smallest absolute Gasteiger partial charge is 0.104 e. The molecule has 0 radical (unpaired) electrons. The Kier molecular flexibility index (Phi) is 2.62. The lowest BCUT2D eigenvalue weighted by Gasteiger charge is -1.96. The summed E-state index contributed by atoms with van der Waals surface area (Å²) in [5.74, 6) is 0.811. The number of hydrogen-bond acceptors (Lipinski definition) is 1. The third kappa shape index (κ3) is 1.29. The minimum Gasteiger partial charge on any atom is -0.385 e. The van der Waals surface area contributed by atoms with E-state index in [1.165, 1.54) is 10.9 Å². The predicted octanol–water partition coefficient (Wildman–Crippen LogP) is 2.38. The van der Waals surface area contributed by atoms with E-state index in [2.05, 4.69) is 12.1 Å². The van der Waals surface area contributed by atoms with Crippen molar-refractivity contribution in [2.45, 2.75) is 0 Å². The van der Waals surface area contributed by atoms with Gasteiger partial charge in [-0.25, -0.2) is 0 Å². The molecule has 0 spiro atoms. The highest BCUT2D eigenvalue weighted by Crippen LogP contribution is 2.18. The number of rotatable bonds is 0. The van der Waals surface area contributed by atoms with Gasteiger partial charge in [0, 0.05) is 18.0 Å². The molecule has 0 amide bonds. The van der Waals surface area contributed by atoms with Gasteiger partial charge < -0.3 is 10.3 Å². The van der Waals surface area contributed by atoms with Gasteiger partial charge in [-0.1, -0.05) is 18.2 Å². The molecule has 2 rings (SSSR count). The maximum Gasteiger partial charge on any atom is 0.104 e. The summed E-state index contributed by atoms with van der Waals surface area (Å²) < 4.78 is 1.98. The predicted molar refractivity (Wildman–Crippen MR) is 62.7 cm³/mol. The second-order valence-corrected chi connectivity index (χ2v) is 2.69. The van der Waals surface area contributed by atoms with Gasteiger partial charge in [-0.05, 0) is 12.1 Å². The van der Waals surface area contributed by atoms with E-state index in [-0.39, 0.29) is 24.0 Å². The number of nitrogens with two attached hydrogens (primary N) is 1. The van der Waals surface area contributed by atoms with E-state index in [0.717, 1.165) is 5.82 Å². The van der Waals surface area contributed by atoms with Crippen LogP contribution in [-0.4, -0.2) is 4.57 Å². The largest absolute Gasteiger partial charge is 0.385 e. The van der Waals surface area contributed by atoms with Crippen LogP contribution in [0.5, 0.6) is 0 Å². The number of aromatic nitrogens is 1. The number of aryl methyl sites for hydroxylation is 1. The molecule has 2 nitrogen and oxygen atoms in total. The first kappa shape index (κ1) is 9.38. The van der Waals surface area contributed by atoms with Crippen LogP contribution in [0.15, 0.2) is 30.3 Å². The first-order valence-electron chi connectivity index (χ1n) is 3.59. The van der Waals surface area contributed by atoms with Gasteiger partial charge in [0.25, 0.3) is 0 Å². The van der Waals surface area contributed by atoms with Crippen molar-refractivity contribution < 1.29 is 0 Å². The maximum atomic E-state index is 5.72. The van der Waals surface area contributed by atoms with Crippen LogP contribution in [0.1, 0.15) is 0 Å². The number of halogens is 1. The summed E-state index contributed by atoms with van der Waals surface area (Å²) in [6.45, 7) is 0. The summed E-state index contributed by atoms with van der Waals surface area (Å²) in [7, 11) is 1.97. The summed E-state index contributed by atoms with van der Waals surface area (Å²) >= 11 is 0. The molecule has 0 aliphatic heterocycles. The Labute approximate surface area is 88.4 Å². The lowest BCUT2D eigenvalue weighted by molar-refractivity contribution is 0.983. The molecule has 0 unspecified atom stereocenters. The third-order valence-electron chi connectivity index (χ3n) is 1.99. The van der Waals surface area contributed by atoms with E-state index in [0.29, 0.717) is 0 Å². The van der Waals surface area contributed by atoms with Gasteiger partial charge in [-0.2, -0.15) is 0 Å². The lowest BCUT2D eigenvalue weighted by atomic mass is 10.2. The number of hydrogen-bond donors (Lipinski definition) is 1. The zero-order valence-corrected chi connectivity index (χ0v) is 9.15. The Bertz CT molecular complexity index is 392. The molecule has 64 valence electrons. The van der Waals surface area contributed by atoms with Crippen LogP contribution in [0.3, 0.4) is 0 Å². The van der Waals surface area contributed by atoms with E-state index in [9.17, 15) is 0 Å². The van der Waals surface area contributed by atoms with Gasteiger partial charge in [-0.15, -0.1) is 24.0 Å². The average molecular weight is 274 g/mol. The van der Waals surface area contributed by atoms with E-state index in [1.807, 2.05) is 29.8 Å². The monoisotopic (exact) mass is 274 g/mol. The highest BCUT2D eigenvalue weighted by molar-refractivity contribution is 14.0. The average Bonchev–Trinajstić information content (AvgIpc) is 2.30. The molecular formula is C9H11IN2. The molecule has 0 saturated carbocycles. The maximum absolute atomic E-state index is 5.72. The molecule has 0 fully saturated rings. The Morgan fingerprint density at radius 2 is 1.92 bits per heavy atom. The molecule has 0 bridgehead atoms. The van der Waals surface area contributed by atoms with Crippen molar-refractivity contribution in [2.24, 2.45) is 7.05 Å². The first-order valence-corrected chi connectivity index (χ1v) is 3.59. The van der Waals surface area contributed by atoms with Crippen molar-refractivity contribution in [3.05, 3.63) is 30.3 Å². The van der Waals surface area contributed by atoms with Crippen LogP contribution in [-0.2, 0) is 7.05 Å². The number of benzene rings is 1. The van der Waals surface area contributed by atoms with E-state index in [4.69, 9.17) is 5.73 Å². The van der Waals surface area contributed by atoms with E-state index >= 15 is 0 Å². The summed E-state index contributed by atoms with van der Waals surface area (Å²) in [6.07, 6.45) is 0. The molecule has 0 aliphatic carbocycles. The second-order valence-electron chi connectivity index (χ2n) is 2.69. The number of anilines is 1. The molecule has 1 aromatic carbocycles. The van der Waals surface area contributed by atoms with Gasteiger partial charge in [0.1, 0.15) is 5.82 Å². The van der Waals surface area contributed by atoms with Gasteiger partial charge in [0.15, 0.2) is 0 Å². The van der Waals surface area contributed by atoms with Gasteiger partial charge in [-0.3, -0.25) is 0 Å². The summed E-state index contributed by atoms with van der Waals surface area (Å²) in [4.78, 5) is 0. The molecule has 0 atom stereocenters. The van der Waals surface area contributed by atoms with Crippen LogP contribution in [0.2, 0.25) is 0 Å². The van der Waals surface area contributed by atoms with Crippen LogP contribution in [0.25, 0.3) is 10.9 Å². The zero-order chi connectivity index (χ0) is 7.84. The Morgan fingerprint density at radius 3 is 2.58 bits per heavy atom. The molecule has 2 aromatic rings. The fourth-order valence-electron chi connectivity index (χ4n) is 1.31. The van der Waals surface area contributed by atoms with Crippen molar-refractivity contribution in [3.63, 3.8) is 0 Å². The van der Waals surface area contributed by atoms with Crippen molar-refractivity contribution in [1.82, 2.24) is 4.57 Å². The van der Waals surface area contributed by atoms with Crippen LogP contribution in [0.4, 0.5) is 5.82 Å². The van der Waals surface area contributed by atoms with Crippen molar-refractivity contribution in [3.8, 4) is 0 Å². The van der Waals surface area contributed by atoms with Crippen molar-refractivity contribution in [1.29, 1.82) is 0 Å². The second kappa shape index (κ2) is 3.35. The van der Waals surface area contributed by atoms with Crippen LogP contribution in [0, 0.1) is 0 Å². The van der Waals surface area contributed by atoms with Gasteiger partial charge in [0.05, 0.1) is 0 Å². The molecule has 0 aliphatic rings. The number of nitrogen functional groups attached to an aromatic ring is 1. The minimum atomic E-state index is 0. The Morgan fingerprint density at radius 1 is 1.25 bits per heavy atom. The molecular weight excluding hydrogens is 263 g/mol. The standard InChI is InChI=1S/C9H10N2.HI/c1-11-8-5-3-2-4-7(8)6-9(11)10;/h2-6H,10H2,1H3;1H. The van der Waals surface area contributed by atoms with Crippen molar-refractivity contribution in [2.75, 3.05) is 5.73 Å². The summed E-state index contributed by atoms with van der Waals surface area (Å²) in [5.41, 5.74) is 6.90. The Balaban J connectivity index is 0.000000720. The third-order valence-corrected chi connectivity index (χ3v) is 1.99. The zero-order valence-electron chi connectivity index (χ0n) is 6.82. The molecule has 1 heterocycles. The normalized spacial score (nSPS) is 9.75. The van der Waals surface area contributed by atoms with Gasteiger partial charge in [0.2, 0.25) is 0 Å². The first-order chi connectivity index (χ1) is 5.29. The van der Waals surface area contributed by atoms with Gasteiger partial charge >= 0.3 is 0 Å². The summed E-state index contributed by atoms with van der Waals surface area (Å²) in [6, 6.07) is 10.1. The lowest BCUT2D eigenvalue weighted by Crippen LogP contribution is -1.94. The van der Waals surface area contributed by atoms with Crippen LogP contribution >= 0.6 is 24.0 Å². The molecule has 2 N–H and O–H groups in total. The molecule has 3 heteroatoms. The number of fused-ring (bicyclic) bond motifs is 1. The minimum absolute atomic E-state index is 0. The SMILES string of the molecule is Cn1c(N)cc2ccccc21.I.